The fraction of sp³-hybridized carbons (Fsp3) is 0.250. The van der Waals surface area contributed by atoms with Gasteiger partial charge in [-0.15, -0.1) is 0 Å². The molecular weight excluding hydrogens is 252 g/mol. The molecule has 0 aliphatic rings. The third kappa shape index (κ3) is 3.07. The second-order valence-electron chi connectivity index (χ2n) is 4.03. The van der Waals surface area contributed by atoms with Crippen molar-refractivity contribution in [1.82, 2.24) is 20.7 Å². The van der Waals surface area contributed by atoms with Gasteiger partial charge < -0.3 is 5.32 Å². The van der Waals surface area contributed by atoms with Gasteiger partial charge in [-0.1, -0.05) is 29.8 Å². The van der Waals surface area contributed by atoms with E-state index in [0.717, 1.165) is 5.56 Å². The number of rotatable bonds is 4. The standard InChI is InChI=1S/C12H13ClN4O/c1-8(6-9-4-2-3-5-10(9)13)15-12(18)11-7-14-17-16-11/h2-5,7-8H,6H2,1H3,(H,15,18)(H,14,16,17)/t8-/m1/s1. The maximum absolute atomic E-state index is 11.7. The number of aromatic amines is 1. The van der Waals surface area contributed by atoms with Gasteiger partial charge in [0.2, 0.25) is 0 Å². The molecule has 1 heterocycles. The van der Waals surface area contributed by atoms with E-state index in [9.17, 15) is 4.79 Å². The minimum atomic E-state index is -0.247. The van der Waals surface area contributed by atoms with E-state index in [1.165, 1.54) is 6.20 Å². The first-order chi connectivity index (χ1) is 8.66. The Morgan fingerprint density at radius 2 is 2.28 bits per heavy atom. The molecule has 2 aromatic rings. The van der Waals surface area contributed by atoms with Crippen LogP contribution in [0.4, 0.5) is 0 Å². The van der Waals surface area contributed by atoms with Crippen LogP contribution < -0.4 is 5.32 Å². The maximum atomic E-state index is 11.7. The van der Waals surface area contributed by atoms with Crippen LogP contribution in [-0.2, 0) is 6.42 Å². The second-order valence-corrected chi connectivity index (χ2v) is 4.43. The smallest absolute Gasteiger partial charge is 0.273 e. The Bertz CT molecular complexity index is 527. The van der Waals surface area contributed by atoms with E-state index in [-0.39, 0.29) is 17.6 Å². The lowest BCUT2D eigenvalue weighted by atomic mass is 10.1. The van der Waals surface area contributed by atoms with Crippen molar-refractivity contribution in [3.05, 3.63) is 46.7 Å². The van der Waals surface area contributed by atoms with Gasteiger partial charge in [-0.05, 0) is 25.0 Å². The summed E-state index contributed by atoms with van der Waals surface area (Å²) in [4.78, 5) is 11.7. The molecule has 6 heteroatoms. The fourth-order valence-electron chi connectivity index (χ4n) is 1.65. The molecule has 94 valence electrons. The molecule has 1 aromatic heterocycles. The molecule has 0 unspecified atom stereocenters. The number of nitrogens with one attached hydrogen (secondary N) is 2. The lowest BCUT2D eigenvalue weighted by Gasteiger charge is -2.13. The van der Waals surface area contributed by atoms with Crippen molar-refractivity contribution in [1.29, 1.82) is 0 Å². The maximum Gasteiger partial charge on any atom is 0.273 e. The number of halogens is 1. The van der Waals surface area contributed by atoms with Crippen LogP contribution in [0.3, 0.4) is 0 Å². The van der Waals surface area contributed by atoms with Gasteiger partial charge in [0.15, 0.2) is 5.69 Å². The Kier molecular flexibility index (Phi) is 3.94. The monoisotopic (exact) mass is 264 g/mol. The zero-order valence-electron chi connectivity index (χ0n) is 9.85. The van der Waals surface area contributed by atoms with E-state index in [0.29, 0.717) is 11.4 Å². The average molecular weight is 265 g/mol. The summed E-state index contributed by atoms with van der Waals surface area (Å²) in [7, 11) is 0. The van der Waals surface area contributed by atoms with Crippen molar-refractivity contribution in [3.63, 3.8) is 0 Å². The van der Waals surface area contributed by atoms with Crippen molar-refractivity contribution in [2.75, 3.05) is 0 Å². The predicted molar refractivity (Wildman–Crippen MR) is 68.5 cm³/mol. The summed E-state index contributed by atoms with van der Waals surface area (Å²) < 4.78 is 0. The third-order valence-electron chi connectivity index (χ3n) is 2.51. The van der Waals surface area contributed by atoms with Gasteiger partial charge in [-0.2, -0.15) is 15.4 Å². The molecule has 0 spiro atoms. The third-order valence-corrected chi connectivity index (χ3v) is 2.88. The minimum Gasteiger partial charge on any atom is -0.348 e. The summed E-state index contributed by atoms with van der Waals surface area (Å²) in [5.74, 6) is -0.247. The van der Waals surface area contributed by atoms with Gasteiger partial charge in [0.25, 0.3) is 5.91 Å². The number of benzene rings is 1. The molecule has 0 aliphatic carbocycles. The van der Waals surface area contributed by atoms with Gasteiger partial charge in [-0.25, -0.2) is 0 Å². The quantitative estimate of drug-likeness (QED) is 0.885. The first kappa shape index (κ1) is 12.6. The van der Waals surface area contributed by atoms with E-state index >= 15 is 0 Å². The van der Waals surface area contributed by atoms with Gasteiger partial charge >= 0.3 is 0 Å². The van der Waals surface area contributed by atoms with Crippen molar-refractivity contribution >= 4 is 17.5 Å². The largest absolute Gasteiger partial charge is 0.348 e. The number of carbonyl (C=O) groups excluding carboxylic acids is 1. The number of hydrogen-bond donors (Lipinski definition) is 2. The number of hydrogen-bond acceptors (Lipinski definition) is 3. The molecule has 5 nitrogen and oxygen atoms in total. The van der Waals surface area contributed by atoms with E-state index in [4.69, 9.17) is 11.6 Å². The molecule has 2 N–H and O–H groups in total. The van der Waals surface area contributed by atoms with Crippen molar-refractivity contribution in [3.8, 4) is 0 Å². The number of aromatic nitrogens is 3. The van der Waals surface area contributed by atoms with Crippen LogP contribution in [0.2, 0.25) is 5.02 Å². The van der Waals surface area contributed by atoms with Crippen LogP contribution in [0.15, 0.2) is 30.5 Å². The molecular formula is C12H13ClN4O. The summed E-state index contributed by atoms with van der Waals surface area (Å²) in [5.41, 5.74) is 1.29. The van der Waals surface area contributed by atoms with E-state index < -0.39 is 0 Å². The molecule has 1 aromatic carbocycles. The number of amides is 1. The van der Waals surface area contributed by atoms with Gasteiger partial charge in [0.1, 0.15) is 0 Å². The molecule has 0 saturated carbocycles. The Labute approximate surface area is 110 Å². The molecule has 2 rings (SSSR count). The molecule has 0 bridgehead atoms. The first-order valence-corrected chi connectivity index (χ1v) is 5.94. The highest BCUT2D eigenvalue weighted by Gasteiger charge is 2.13. The van der Waals surface area contributed by atoms with Crippen molar-refractivity contribution in [2.45, 2.75) is 19.4 Å². The van der Waals surface area contributed by atoms with Crippen molar-refractivity contribution in [2.24, 2.45) is 0 Å². The highest BCUT2D eigenvalue weighted by molar-refractivity contribution is 6.31. The van der Waals surface area contributed by atoms with Crippen LogP contribution in [0.5, 0.6) is 0 Å². The van der Waals surface area contributed by atoms with Crippen LogP contribution in [0.25, 0.3) is 0 Å². The number of nitrogens with zero attached hydrogens (tertiary/aromatic N) is 2. The Morgan fingerprint density at radius 3 is 2.94 bits per heavy atom. The van der Waals surface area contributed by atoms with E-state index in [2.05, 4.69) is 20.7 Å². The van der Waals surface area contributed by atoms with E-state index in [1.54, 1.807) is 0 Å². The highest BCUT2D eigenvalue weighted by atomic mass is 35.5. The molecule has 0 aliphatic heterocycles. The summed E-state index contributed by atoms with van der Waals surface area (Å²) in [6, 6.07) is 7.55. The van der Waals surface area contributed by atoms with Crippen LogP contribution >= 0.6 is 11.6 Å². The number of carbonyl (C=O) groups is 1. The van der Waals surface area contributed by atoms with Crippen LogP contribution in [-0.4, -0.2) is 27.4 Å². The summed E-state index contributed by atoms with van der Waals surface area (Å²) in [5, 5.41) is 13.3. The Hall–Kier alpha value is -1.88. The highest BCUT2D eigenvalue weighted by Crippen LogP contribution is 2.16. The Morgan fingerprint density at radius 1 is 1.50 bits per heavy atom. The van der Waals surface area contributed by atoms with Crippen molar-refractivity contribution < 1.29 is 4.79 Å². The summed E-state index contributed by atoms with van der Waals surface area (Å²) in [6.45, 7) is 1.92. The summed E-state index contributed by atoms with van der Waals surface area (Å²) in [6.07, 6.45) is 2.06. The minimum absolute atomic E-state index is 0.0332. The predicted octanol–water partition coefficient (Wildman–Crippen LogP) is 1.82. The van der Waals surface area contributed by atoms with Crippen LogP contribution in [0.1, 0.15) is 23.0 Å². The molecule has 1 atom stereocenters. The summed E-state index contributed by atoms with van der Waals surface area (Å²) >= 11 is 6.06. The SMILES string of the molecule is C[C@H](Cc1ccccc1Cl)NC(=O)c1cn[nH]n1. The van der Waals surface area contributed by atoms with Crippen LogP contribution in [0, 0.1) is 0 Å². The molecule has 18 heavy (non-hydrogen) atoms. The Balaban J connectivity index is 1.95. The van der Waals surface area contributed by atoms with E-state index in [1.807, 2.05) is 31.2 Å². The van der Waals surface area contributed by atoms with Gasteiger partial charge in [-0.3, -0.25) is 4.79 Å². The first-order valence-electron chi connectivity index (χ1n) is 5.57. The normalized spacial score (nSPS) is 12.1. The molecule has 1 amide bonds. The zero-order valence-corrected chi connectivity index (χ0v) is 10.6. The lowest BCUT2D eigenvalue weighted by molar-refractivity contribution is 0.0935. The lowest BCUT2D eigenvalue weighted by Crippen LogP contribution is -2.34. The zero-order chi connectivity index (χ0) is 13.0. The number of H-pyrrole nitrogens is 1. The molecule has 0 radical (unpaired) electrons. The van der Waals surface area contributed by atoms with Gasteiger partial charge in [0.05, 0.1) is 6.20 Å². The average Bonchev–Trinajstić information content (AvgIpc) is 2.85. The van der Waals surface area contributed by atoms with Gasteiger partial charge in [0, 0.05) is 11.1 Å². The topological polar surface area (TPSA) is 70.7 Å². The second kappa shape index (κ2) is 5.64. The fourth-order valence-corrected chi connectivity index (χ4v) is 1.87. The molecule has 0 saturated heterocycles. The molecule has 0 fully saturated rings.